The van der Waals surface area contributed by atoms with Crippen molar-refractivity contribution in [2.24, 2.45) is 0 Å². The second kappa shape index (κ2) is 7.47. The topological polar surface area (TPSA) is 67.9 Å². The number of ether oxygens (including phenoxy) is 2. The lowest BCUT2D eigenvalue weighted by Gasteiger charge is -2.26. The Hall–Kier alpha value is -3.02. The molecule has 0 bridgehead atoms. The molecule has 2 aromatic rings. The van der Waals surface area contributed by atoms with Crippen LogP contribution >= 0.6 is 0 Å². The number of urea groups is 1. The van der Waals surface area contributed by atoms with Gasteiger partial charge in [-0.05, 0) is 36.2 Å². The fraction of sp³-hybridized carbons (Fsp3) is 0.300. The minimum atomic E-state index is -1.05. The minimum Gasteiger partial charge on any atom is -0.497 e. The molecular weight excluding hydrogens is 332 g/mol. The normalized spacial score (nSPS) is 19.4. The Morgan fingerprint density at radius 1 is 1.00 bits per heavy atom. The highest BCUT2D eigenvalue weighted by Gasteiger charge is 2.51. The summed E-state index contributed by atoms with van der Waals surface area (Å²) in [6, 6.07) is 16.1. The van der Waals surface area contributed by atoms with Crippen molar-refractivity contribution in [1.29, 1.82) is 0 Å². The summed E-state index contributed by atoms with van der Waals surface area (Å²) in [6.07, 6.45) is 0.458. The molecular formula is C20H22N2O4. The number of hydrogen-bond acceptors (Lipinski definition) is 4. The third-order valence-corrected chi connectivity index (χ3v) is 4.62. The third-order valence-electron chi connectivity index (χ3n) is 4.62. The molecule has 0 aliphatic carbocycles. The molecule has 1 N–H and O–H groups in total. The third kappa shape index (κ3) is 3.22. The highest BCUT2D eigenvalue weighted by atomic mass is 16.5. The highest BCUT2D eigenvalue weighted by molar-refractivity contribution is 6.07. The molecule has 136 valence electrons. The van der Waals surface area contributed by atoms with Crippen LogP contribution < -0.4 is 14.8 Å². The van der Waals surface area contributed by atoms with Crippen molar-refractivity contribution in [1.82, 2.24) is 10.2 Å². The van der Waals surface area contributed by atoms with Gasteiger partial charge >= 0.3 is 6.03 Å². The molecule has 1 aliphatic rings. The van der Waals surface area contributed by atoms with E-state index in [0.717, 1.165) is 5.56 Å². The Morgan fingerprint density at radius 2 is 1.69 bits per heavy atom. The first-order chi connectivity index (χ1) is 12.6. The number of amides is 3. The van der Waals surface area contributed by atoms with Gasteiger partial charge in [-0.3, -0.25) is 9.69 Å². The number of hydrogen-bond donors (Lipinski definition) is 1. The maximum absolute atomic E-state index is 13.0. The molecule has 1 saturated heterocycles. The summed E-state index contributed by atoms with van der Waals surface area (Å²) < 4.78 is 10.8. The van der Waals surface area contributed by atoms with Gasteiger partial charge in [0.2, 0.25) is 0 Å². The van der Waals surface area contributed by atoms with E-state index in [0.29, 0.717) is 17.9 Å². The summed E-state index contributed by atoms with van der Waals surface area (Å²) in [5.41, 5.74) is -0.304. The van der Waals surface area contributed by atoms with Crippen molar-refractivity contribution in [3.05, 3.63) is 60.2 Å². The smallest absolute Gasteiger partial charge is 0.325 e. The van der Waals surface area contributed by atoms with Gasteiger partial charge in [-0.15, -0.1) is 0 Å². The van der Waals surface area contributed by atoms with Crippen LogP contribution in [0.15, 0.2) is 54.6 Å². The molecule has 0 aromatic heterocycles. The van der Waals surface area contributed by atoms with Crippen molar-refractivity contribution in [3.8, 4) is 11.5 Å². The van der Waals surface area contributed by atoms with Crippen LogP contribution in [0.25, 0.3) is 0 Å². The molecule has 3 amide bonds. The van der Waals surface area contributed by atoms with Gasteiger partial charge in [0.15, 0.2) is 0 Å². The van der Waals surface area contributed by atoms with Crippen molar-refractivity contribution in [3.63, 3.8) is 0 Å². The predicted octanol–water partition coefficient (Wildman–Crippen LogP) is 2.93. The van der Waals surface area contributed by atoms with Crippen LogP contribution in [0.5, 0.6) is 11.5 Å². The molecule has 1 heterocycles. The largest absolute Gasteiger partial charge is 0.497 e. The molecule has 1 unspecified atom stereocenters. The van der Waals surface area contributed by atoms with E-state index in [9.17, 15) is 9.59 Å². The van der Waals surface area contributed by atoms with E-state index >= 15 is 0 Å². The fourth-order valence-corrected chi connectivity index (χ4v) is 3.12. The molecule has 1 aliphatic heterocycles. The Labute approximate surface area is 152 Å². The lowest BCUT2D eigenvalue weighted by Crippen LogP contribution is -2.43. The maximum Gasteiger partial charge on any atom is 0.325 e. The summed E-state index contributed by atoms with van der Waals surface area (Å²) >= 11 is 0. The number of rotatable bonds is 7. The molecule has 0 radical (unpaired) electrons. The van der Waals surface area contributed by atoms with Crippen molar-refractivity contribution >= 4 is 11.9 Å². The monoisotopic (exact) mass is 354 g/mol. The number of methoxy groups -OCH3 is 1. The second-order valence-electron chi connectivity index (χ2n) is 6.04. The van der Waals surface area contributed by atoms with Gasteiger partial charge in [0.1, 0.15) is 23.6 Å². The van der Waals surface area contributed by atoms with E-state index in [2.05, 4.69) is 5.32 Å². The molecule has 1 atom stereocenters. The van der Waals surface area contributed by atoms with Crippen LogP contribution in [0.3, 0.4) is 0 Å². The highest BCUT2D eigenvalue weighted by Crippen LogP contribution is 2.33. The maximum atomic E-state index is 13.0. The SMILES string of the molecule is CCC1(c2ccc(OC)cc2)NC(=O)N(CCOc2ccccc2)C1=O. The van der Waals surface area contributed by atoms with Gasteiger partial charge in [-0.1, -0.05) is 37.3 Å². The van der Waals surface area contributed by atoms with E-state index in [1.54, 1.807) is 19.2 Å². The van der Waals surface area contributed by atoms with Gasteiger partial charge in [0.05, 0.1) is 13.7 Å². The molecule has 6 nitrogen and oxygen atoms in total. The first-order valence-corrected chi connectivity index (χ1v) is 8.57. The van der Waals surface area contributed by atoms with Crippen LogP contribution in [-0.4, -0.2) is 37.1 Å². The first-order valence-electron chi connectivity index (χ1n) is 8.57. The van der Waals surface area contributed by atoms with E-state index < -0.39 is 11.6 Å². The Morgan fingerprint density at radius 3 is 2.31 bits per heavy atom. The summed E-state index contributed by atoms with van der Waals surface area (Å²) in [6.45, 7) is 2.31. The first kappa shape index (κ1) is 17.8. The van der Waals surface area contributed by atoms with Gasteiger partial charge in [0.25, 0.3) is 5.91 Å². The summed E-state index contributed by atoms with van der Waals surface area (Å²) in [4.78, 5) is 26.7. The quantitative estimate of drug-likeness (QED) is 0.777. The summed E-state index contributed by atoms with van der Waals surface area (Å²) in [7, 11) is 1.58. The number of nitrogens with one attached hydrogen (secondary N) is 1. The number of para-hydroxylation sites is 1. The molecule has 2 aromatic carbocycles. The number of carbonyl (C=O) groups excluding carboxylic acids is 2. The molecule has 26 heavy (non-hydrogen) atoms. The van der Waals surface area contributed by atoms with Crippen LogP contribution in [0.2, 0.25) is 0 Å². The zero-order valence-corrected chi connectivity index (χ0v) is 14.9. The molecule has 6 heteroatoms. The zero-order valence-electron chi connectivity index (χ0n) is 14.9. The zero-order chi connectivity index (χ0) is 18.6. The lowest BCUT2D eigenvalue weighted by atomic mass is 9.87. The average Bonchev–Trinajstić information content (AvgIpc) is 2.94. The van der Waals surface area contributed by atoms with E-state index in [-0.39, 0.29) is 19.1 Å². The number of carbonyl (C=O) groups is 2. The van der Waals surface area contributed by atoms with Gasteiger partial charge in [-0.2, -0.15) is 0 Å². The van der Waals surface area contributed by atoms with Crippen molar-refractivity contribution in [2.75, 3.05) is 20.3 Å². The number of imide groups is 1. The van der Waals surface area contributed by atoms with Crippen LogP contribution in [0.4, 0.5) is 4.79 Å². The molecule has 0 saturated carbocycles. The van der Waals surface area contributed by atoms with Crippen LogP contribution in [0, 0.1) is 0 Å². The minimum absolute atomic E-state index is 0.192. The van der Waals surface area contributed by atoms with Crippen molar-refractivity contribution < 1.29 is 19.1 Å². The number of nitrogens with zero attached hydrogens (tertiary/aromatic N) is 1. The Bertz CT molecular complexity index is 776. The fourth-order valence-electron chi connectivity index (χ4n) is 3.12. The van der Waals surface area contributed by atoms with E-state index in [1.165, 1.54) is 4.90 Å². The predicted molar refractivity (Wildman–Crippen MR) is 97.1 cm³/mol. The van der Waals surface area contributed by atoms with Crippen LogP contribution in [-0.2, 0) is 10.3 Å². The Kier molecular flexibility index (Phi) is 5.11. The summed E-state index contributed by atoms with van der Waals surface area (Å²) in [5.74, 6) is 1.15. The van der Waals surface area contributed by atoms with E-state index in [4.69, 9.17) is 9.47 Å². The van der Waals surface area contributed by atoms with Gasteiger partial charge in [-0.25, -0.2) is 4.79 Å². The Balaban J connectivity index is 1.73. The second-order valence-corrected chi connectivity index (χ2v) is 6.04. The number of benzene rings is 2. The van der Waals surface area contributed by atoms with Crippen molar-refractivity contribution in [2.45, 2.75) is 18.9 Å². The summed E-state index contributed by atoms with van der Waals surface area (Å²) in [5, 5.41) is 2.86. The van der Waals surface area contributed by atoms with E-state index in [1.807, 2.05) is 49.4 Å². The standard InChI is InChI=1S/C20H22N2O4/c1-3-20(15-9-11-16(25-2)12-10-15)18(23)22(19(24)21-20)13-14-26-17-7-5-4-6-8-17/h4-12H,3,13-14H2,1-2H3,(H,21,24). The van der Waals surface area contributed by atoms with Gasteiger partial charge < -0.3 is 14.8 Å². The average molecular weight is 354 g/mol. The lowest BCUT2D eigenvalue weighted by molar-refractivity contribution is -0.132. The molecule has 3 rings (SSSR count). The molecule has 0 spiro atoms. The molecule has 1 fully saturated rings. The van der Waals surface area contributed by atoms with Gasteiger partial charge in [0, 0.05) is 0 Å². The van der Waals surface area contributed by atoms with Crippen LogP contribution in [0.1, 0.15) is 18.9 Å².